The highest BCUT2D eigenvalue weighted by atomic mass is 16.5. The summed E-state index contributed by atoms with van der Waals surface area (Å²) in [5.41, 5.74) is 0. The van der Waals surface area contributed by atoms with Crippen LogP contribution in [-0.4, -0.2) is 25.4 Å². The minimum Gasteiger partial charge on any atom is -0.376 e. The largest absolute Gasteiger partial charge is 0.376 e. The molecule has 0 aromatic carbocycles. The Hall–Kier alpha value is -0.0800. The molecule has 0 saturated carbocycles. The highest BCUT2D eigenvalue weighted by Gasteiger charge is 2.03. The highest BCUT2D eigenvalue weighted by Crippen LogP contribution is 2.01. The minimum absolute atomic E-state index is 0.235. The standard InChI is InChI=1S/C12H26O2/c1-5-6-7-8-9-13-12(4)10-14-11(2)3/h11-12H,5-10H2,1-4H3. The van der Waals surface area contributed by atoms with Gasteiger partial charge in [-0.25, -0.2) is 0 Å². The van der Waals surface area contributed by atoms with E-state index in [-0.39, 0.29) is 6.10 Å². The van der Waals surface area contributed by atoms with Crippen LogP contribution >= 0.6 is 0 Å². The third-order valence-electron chi connectivity index (χ3n) is 2.06. The Bertz CT molecular complexity index is 113. The third kappa shape index (κ3) is 10.0. The van der Waals surface area contributed by atoms with Gasteiger partial charge in [-0.3, -0.25) is 0 Å². The van der Waals surface area contributed by atoms with Crippen LogP contribution in [0.2, 0.25) is 0 Å². The predicted octanol–water partition coefficient (Wildman–Crippen LogP) is 3.40. The van der Waals surface area contributed by atoms with Crippen LogP contribution in [-0.2, 0) is 9.47 Å². The molecular weight excluding hydrogens is 176 g/mol. The molecule has 0 spiro atoms. The van der Waals surface area contributed by atoms with Gasteiger partial charge in [-0.05, 0) is 27.2 Å². The van der Waals surface area contributed by atoms with Gasteiger partial charge in [0.05, 0.1) is 18.8 Å². The lowest BCUT2D eigenvalue weighted by Gasteiger charge is -2.15. The fraction of sp³-hybridized carbons (Fsp3) is 1.00. The van der Waals surface area contributed by atoms with Crippen LogP contribution in [0, 0.1) is 0 Å². The van der Waals surface area contributed by atoms with Gasteiger partial charge in [0.2, 0.25) is 0 Å². The van der Waals surface area contributed by atoms with E-state index in [1.807, 2.05) is 13.8 Å². The molecule has 0 bridgehead atoms. The zero-order chi connectivity index (χ0) is 10.8. The van der Waals surface area contributed by atoms with Crippen molar-refractivity contribution in [2.45, 2.75) is 65.6 Å². The van der Waals surface area contributed by atoms with Crippen LogP contribution in [0.1, 0.15) is 53.4 Å². The van der Waals surface area contributed by atoms with Crippen LogP contribution < -0.4 is 0 Å². The SMILES string of the molecule is CCCCCCOC(C)COC(C)C. The van der Waals surface area contributed by atoms with Gasteiger partial charge in [0.1, 0.15) is 0 Å². The summed E-state index contributed by atoms with van der Waals surface area (Å²) in [5, 5.41) is 0. The molecule has 0 saturated heterocycles. The molecule has 0 aliphatic rings. The van der Waals surface area contributed by atoms with E-state index in [0.29, 0.717) is 12.7 Å². The second kappa shape index (κ2) is 9.47. The van der Waals surface area contributed by atoms with Crippen LogP contribution in [0.5, 0.6) is 0 Å². The van der Waals surface area contributed by atoms with Gasteiger partial charge in [-0.1, -0.05) is 26.2 Å². The molecule has 0 heterocycles. The number of hydrogen-bond donors (Lipinski definition) is 0. The maximum Gasteiger partial charge on any atom is 0.0780 e. The normalized spacial score (nSPS) is 13.5. The zero-order valence-corrected chi connectivity index (χ0v) is 10.2. The lowest BCUT2D eigenvalue weighted by atomic mass is 10.2. The highest BCUT2D eigenvalue weighted by molar-refractivity contribution is 4.49. The van der Waals surface area contributed by atoms with E-state index in [9.17, 15) is 0 Å². The quantitative estimate of drug-likeness (QED) is 0.533. The van der Waals surface area contributed by atoms with Crippen LogP contribution in [0.4, 0.5) is 0 Å². The second-order valence-corrected chi connectivity index (χ2v) is 4.12. The average Bonchev–Trinajstić information content (AvgIpc) is 2.14. The topological polar surface area (TPSA) is 18.5 Å². The maximum atomic E-state index is 5.61. The smallest absolute Gasteiger partial charge is 0.0780 e. The van der Waals surface area contributed by atoms with Gasteiger partial charge < -0.3 is 9.47 Å². The van der Waals surface area contributed by atoms with Gasteiger partial charge in [0.25, 0.3) is 0 Å². The first-order valence-corrected chi connectivity index (χ1v) is 5.90. The van der Waals surface area contributed by atoms with Gasteiger partial charge >= 0.3 is 0 Å². The van der Waals surface area contributed by atoms with E-state index in [4.69, 9.17) is 9.47 Å². The van der Waals surface area contributed by atoms with Crippen molar-refractivity contribution < 1.29 is 9.47 Å². The molecule has 0 N–H and O–H groups in total. The van der Waals surface area contributed by atoms with Crippen molar-refractivity contribution in [3.05, 3.63) is 0 Å². The fourth-order valence-corrected chi connectivity index (χ4v) is 1.19. The summed E-state index contributed by atoms with van der Waals surface area (Å²) in [6, 6.07) is 0. The first-order chi connectivity index (χ1) is 6.66. The Labute approximate surface area is 89.0 Å². The molecule has 0 aliphatic carbocycles. The van der Waals surface area contributed by atoms with E-state index < -0.39 is 0 Å². The molecule has 0 radical (unpaired) electrons. The van der Waals surface area contributed by atoms with Crippen molar-refractivity contribution in [1.82, 2.24) is 0 Å². The molecular formula is C12H26O2. The molecule has 0 rings (SSSR count). The van der Waals surface area contributed by atoms with Gasteiger partial charge in [0.15, 0.2) is 0 Å². The van der Waals surface area contributed by atoms with E-state index in [1.165, 1.54) is 25.7 Å². The Morgan fingerprint density at radius 2 is 1.64 bits per heavy atom. The van der Waals surface area contributed by atoms with Gasteiger partial charge in [0, 0.05) is 6.61 Å². The summed E-state index contributed by atoms with van der Waals surface area (Å²) in [6.45, 7) is 9.98. The van der Waals surface area contributed by atoms with Gasteiger partial charge in [-0.2, -0.15) is 0 Å². The molecule has 14 heavy (non-hydrogen) atoms. The number of ether oxygens (including phenoxy) is 2. The lowest BCUT2D eigenvalue weighted by molar-refractivity contribution is -0.0273. The molecule has 1 unspecified atom stereocenters. The maximum absolute atomic E-state index is 5.61. The first kappa shape index (κ1) is 13.9. The van der Waals surface area contributed by atoms with Crippen molar-refractivity contribution >= 4 is 0 Å². The number of unbranched alkanes of at least 4 members (excludes halogenated alkanes) is 3. The molecule has 2 heteroatoms. The molecule has 0 aromatic heterocycles. The van der Waals surface area contributed by atoms with Crippen LogP contribution in [0.15, 0.2) is 0 Å². The first-order valence-electron chi connectivity index (χ1n) is 5.90. The molecule has 0 aliphatic heterocycles. The van der Waals surface area contributed by atoms with Crippen molar-refractivity contribution in [2.24, 2.45) is 0 Å². The summed E-state index contributed by atoms with van der Waals surface area (Å²) in [4.78, 5) is 0. The van der Waals surface area contributed by atoms with Gasteiger partial charge in [-0.15, -0.1) is 0 Å². The molecule has 2 nitrogen and oxygen atoms in total. The minimum atomic E-state index is 0.235. The number of rotatable bonds is 9. The average molecular weight is 202 g/mol. The Kier molecular flexibility index (Phi) is 9.42. The van der Waals surface area contributed by atoms with Crippen LogP contribution in [0.3, 0.4) is 0 Å². The van der Waals surface area contributed by atoms with E-state index in [2.05, 4.69) is 13.8 Å². The predicted molar refractivity (Wildman–Crippen MR) is 60.6 cm³/mol. The van der Waals surface area contributed by atoms with Crippen molar-refractivity contribution in [3.8, 4) is 0 Å². The summed E-state index contributed by atoms with van der Waals surface area (Å²) in [5.74, 6) is 0. The monoisotopic (exact) mass is 202 g/mol. The fourth-order valence-electron chi connectivity index (χ4n) is 1.19. The zero-order valence-electron chi connectivity index (χ0n) is 10.2. The molecule has 0 aromatic rings. The van der Waals surface area contributed by atoms with E-state index in [0.717, 1.165) is 6.61 Å². The Morgan fingerprint density at radius 1 is 0.929 bits per heavy atom. The summed E-state index contributed by atoms with van der Waals surface area (Å²) >= 11 is 0. The molecule has 0 amide bonds. The Morgan fingerprint density at radius 3 is 2.21 bits per heavy atom. The lowest BCUT2D eigenvalue weighted by Crippen LogP contribution is -2.19. The molecule has 1 atom stereocenters. The summed E-state index contributed by atoms with van der Waals surface area (Å²) in [7, 11) is 0. The summed E-state index contributed by atoms with van der Waals surface area (Å²) < 4.78 is 11.1. The van der Waals surface area contributed by atoms with E-state index in [1.54, 1.807) is 0 Å². The van der Waals surface area contributed by atoms with Crippen molar-refractivity contribution in [2.75, 3.05) is 13.2 Å². The summed E-state index contributed by atoms with van der Waals surface area (Å²) in [6.07, 6.45) is 5.61. The van der Waals surface area contributed by atoms with Crippen molar-refractivity contribution in [1.29, 1.82) is 0 Å². The second-order valence-electron chi connectivity index (χ2n) is 4.12. The van der Waals surface area contributed by atoms with E-state index >= 15 is 0 Å². The molecule has 86 valence electrons. The molecule has 0 fully saturated rings. The third-order valence-corrected chi connectivity index (χ3v) is 2.06. The van der Waals surface area contributed by atoms with Crippen LogP contribution in [0.25, 0.3) is 0 Å². The van der Waals surface area contributed by atoms with Crippen molar-refractivity contribution in [3.63, 3.8) is 0 Å². The number of hydrogen-bond acceptors (Lipinski definition) is 2. The Balaban J connectivity index is 3.14.